The van der Waals surface area contributed by atoms with Crippen LogP contribution in [-0.2, 0) is 0 Å². The van der Waals surface area contributed by atoms with E-state index in [9.17, 15) is 0 Å². The maximum absolute atomic E-state index is 5.07. The van der Waals surface area contributed by atoms with E-state index in [1.807, 2.05) is 62.3 Å². The zero-order chi connectivity index (χ0) is 15.8. The summed E-state index contributed by atoms with van der Waals surface area (Å²) in [7, 11) is 10.7. The number of imidazole rings is 1. The molecule has 114 valence electrons. The first kappa shape index (κ1) is 18.2. The monoisotopic (exact) mass is 358 g/mol. The molecule has 1 aromatic heterocycles. The Kier molecular flexibility index (Phi) is 8.02. The summed E-state index contributed by atoms with van der Waals surface area (Å²) in [5, 5.41) is 0. The quantitative estimate of drug-likeness (QED) is 0.569. The second-order valence-corrected chi connectivity index (χ2v) is 7.80. The van der Waals surface area contributed by atoms with Gasteiger partial charge < -0.3 is 14.8 Å². The molecule has 2 rings (SSSR count). The molecule has 1 heterocycles. The van der Waals surface area contributed by atoms with Crippen molar-refractivity contribution in [1.29, 1.82) is 0 Å². The SMILES string of the molecule is CN(C)C(=S)SSC(=S)N(C)C.c1ccc2[nH]cnc2c1. The van der Waals surface area contributed by atoms with Crippen LogP contribution in [0.3, 0.4) is 0 Å². The van der Waals surface area contributed by atoms with Gasteiger partial charge in [0.05, 0.1) is 17.4 Å². The lowest BCUT2D eigenvalue weighted by atomic mass is 10.3. The van der Waals surface area contributed by atoms with Crippen LogP contribution in [0.15, 0.2) is 30.6 Å². The molecule has 0 aliphatic rings. The maximum Gasteiger partial charge on any atom is 0.146 e. The summed E-state index contributed by atoms with van der Waals surface area (Å²) in [6.45, 7) is 0. The lowest BCUT2D eigenvalue weighted by molar-refractivity contribution is 0.647. The van der Waals surface area contributed by atoms with Gasteiger partial charge in [-0.25, -0.2) is 4.98 Å². The molecule has 4 nitrogen and oxygen atoms in total. The second-order valence-electron chi connectivity index (χ2n) is 4.41. The summed E-state index contributed by atoms with van der Waals surface area (Å²) >= 11 is 10.1. The maximum atomic E-state index is 5.07. The van der Waals surface area contributed by atoms with Crippen LogP contribution in [0.4, 0.5) is 0 Å². The molecular weight excluding hydrogens is 340 g/mol. The van der Waals surface area contributed by atoms with E-state index in [1.165, 1.54) is 21.6 Å². The predicted molar refractivity (Wildman–Crippen MR) is 104 cm³/mol. The second kappa shape index (κ2) is 9.24. The van der Waals surface area contributed by atoms with Crippen molar-refractivity contribution in [3.63, 3.8) is 0 Å². The third kappa shape index (κ3) is 6.64. The molecule has 2 aromatic rings. The average Bonchev–Trinajstić information content (AvgIpc) is 2.93. The van der Waals surface area contributed by atoms with Crippen molar-refractivity contribution in [3.05, 3.63) is 30.6 Å². The van der Waals surface area contributed by atoms with Crippen molar-refractivity contribution in [2.75, 3.05) is 28.2 Å². The summed E-state index contributed by atoms with van der Waals surface area (Å²) in [6.07, 6.45) is 1.70. The molecule has 21 heavy (non-hydrogen) atoms. The lowest BCUT2D eigenvalue weighted by Crippen LogP contribution is -2.18. The predicted octanol–water partition coefficient (Wildman–Crippen LogP) is 3.62. The van der Waals surface area contributed by atoms with Gasteiger partial charge in [0.15, 0.2) is 0 Å². The van der Waals surface area contributed by atoms with Crippen LogP contribution in [-0.4, -0.2) is 56.6 Å². The van der Waals surface area contributed by atoms with E-state index in [-0.39, 0.29) is 0 Å². The molecule has 0 atom stereocenters. The van der Waals surface area contributed by atoms with Crippen LogP contribution in [0.5, 0.6) is 0 Å². The van der Waals surface area contributed by atoms with Gasteiger partial charge in [0.1, 0.15) is 8.64 Å². The zero-order valence-electron chi connectivity index (χ0n) is 12.4. The molecular formula is C13H18N4S4. The molecule has 1 aromatic carbocycles. The lowest BCUT2D eigenvalue weighted by Gasteiger charge is -2.15. The van der Waals surface area contributed by atoms with Gasteiger partial charge in [0.25, 0.3) is 0 Å². The number of para-hydroxylation sites is 2. The van der Waals surface area contributed by atoms with E-state index in [0.717, 1.165) is 19.7 Å². The van der Waals surface area contributed by atoms with Crippen LogP contribution >= 0.6 is 46.0 Å². The molecule has 0 radical (unpaired) electrons. The molecule has 0 amide bonds. The Balaban J connectivity index is 0.000000216. The highest BCUT2D eigenvalue weighted by atomic mass is 33.1. The standard InChI is InChI=1S/C7H6N2.C6H12N2S4/c1-2-4-7-6(3-1)8-5-9-7;1-7(2)5(9)11-12-6(10)8(3)4/h1-5H,(H,8,9);1-4H3. The number of H-pyrrole nitrogens is 1. The van der Waals surface area contributed by atoms with Gasteiger partial charge in [-0.05, 0) is 33.7 Å². The van der Waals surface area contributed by atoms with Crippen molar-refractivity contribution < 1.29 is 0 Å². The fourth-order valence-corrected chi connectivity index (χ4v) is 3.48. The number of nitrogens with zero attached hydrogens (tertiary/aromatic N) is 3. The average molecular weight is 359 g/mol. The van der Waals surface area contributed by atoms with Crippen molar-refractivity contribution in [2.24, 2.45) is 0 Å². The Morgan fingerprint density at radius 2 is 1.52 bits per heavy atom. The number of thiocarbonyl (C=S) groups is 2. The van der Waals surface area contributed by atoms with Crippen LogP contribution in [0.25, 0.3) is 11.0 Å². The molecule has 0 saturated carbocycles. The number of hydrogen-bond acceptors (Lipinski definition) is 5. The summed E-state index contributed by atoms with van der Waals surface area (Å²) in [4.78, 5) is 10.9. The molecule has 1 N–H and O–H groups in total. The van der Waals surface area contributed by atoms with Crippen LogP contribution < -0.4 is 0 Å². The Morgan fingerprint density at radius 1 is 1.00 bits per heavy atom. The van der Waals surface area contributed by atoms with Gasteiger partial charge in [-0.2, -0.15) is 0 Å². The van der Waals surface area contributed by atoms with E-state index in [4.69, 9.17) is 24.4 Å². The third-order valence-corrected chi connectivity index (χ3v) is 6.40. The van der Waals surface area contributed by atoms with Crippen molar-refractivity contribution in [2.45, 2.75) is 0 Å². The van der Waals surface area contributed by atoms with E-state index in [1.54, 1.807) is 6.33 Å². The number of fused-ring (bicyclic) bond motifs is 1. The van der Waals surface area contributed by atoms with Gasteiger partial charge in [0, 0.05) is 28.2 Å². The number of nitrogens with one attached hydrogen (secondary N) is 1. The van der Waals surface area contributed by atoms with E-state index in [2.05, 4.69) is 9.97 Å². The largest absolute Gasteiger partial charge is 0.363 e. The topological polar surface area (TPSA) is 35.2 Å². The zero-order valence-corrected chi connectivity index (χ0v) is 15.6. The Bertz CT molecular complexity index is 544. The van der Waals surface area contributed by atoms with Crippen molar-refractivity contribution in [1.82, 2.24) is 19.8 Å². The van der Waals surface area contributed by atoms with Gasteiger partial charge in [-0.3, -0.25) is 0 Å². The molecule has 0 unspecified atom stereocenters. The minimum absolute atomic E-state index is 0.837. The smallest absolute Gasteiger partial charge is 0.146 e. The van der Waals surface area contributed by atoms with Gasteiger partial charge >= 0.3 is 0 Å². The van der Waals surface area contributed by atoms with Gasteiger partial charge in [-0.15, -0.1) is 0 Å². The highest BCUT2D eigenvalue weighted by Gasteiger charge is 2.04. The van der Waals surface area contributed by atoms with Crippen LogP contribution in [0.1, 0.15) is 0 Å². The molecule has 0 fully saturated rings. The Hall–Kier alpha value is -0.830. The fraction of sp³-hybridized carbons (Fsp3) is 0.308. The first-order valence-corrected chi connectivity index (χ1v) is 9.03. The molecule has 0 saturated heterocycles. The Labute approximate surface area is 144 Å². The number of rotatable bonds is 0. The fourth-order valence-electron chi connectivity index (χ4n) is 1.10. The van der Waals surface area contributed by atoms with E-state index in [0.29, 0.717) is 0 Å². The molecule has 0 aliphatic carbocycles. The summed E-state index contributed by atoms with van der Waals surface area (Å²) in [6, 6.07) is 7.94. The Morgan fingerprint density at radius 3 is 2.00 bits per heavy atom. The first-order valence-electron chi connectivity index (χ1n) is 6.07. The molecule has 8 heteroatoms. The van der Waals surface area contributed by atoms with Gasteiger partial charge in [-0.1, -0.05) is 36.6 Å². The highest BCUT2D eigenvalue weighted by Crippen LogP contribution is 2.26. The summed E-state index contributed by atoms with van der Waals surface area (Å²) in [5.74, 6) is 0. The van der Waals surface area contributed by atoms with E-state index < -0.39 is 0 Å². The summed E-state index contributed by atoms with van der Waals surface area (Å²) in [5.41, 5.74) is 2.12. The van der Waals surface area contributed by atoms with Crippen molar-refractivity contribution in [3.8, 4) is 0 Å². The first-order chi connectivity index (χ1) is 9.91. The van der Waals surface area contributed by atoms with Crippen LogP contribution in [0.2, 0.25) is 0 Å². The number of aromatic nitrogens is 2. The molecule has 0 aliphatic heterocycles. The minimum Gasteiger partial charge on any atom is -0.363 e. The minimum atomic E-state index is 0.837. The van der Waals surface area contributed by atoms with Gasteiger partial charge in [0.2, 0.25) is 0 Å². The highest BCUT2D eigenvalue weighted by molar-refractivity contribution is 8.89. The molecule has 0 spiro atoms. The number of hydrogen-bond donors (Lipinski definition) is 1. The van der Waals surface area contributed by atoms with E-state index >= 15 is 0 Å². The third-order valence-electron chi connectivity index (χ3n) is 2.24. The summed E-state index contributed by atoms with van der Waals surface area (Å²) < 4.78 is 1.67. The normalized spacial score (nSPS) is 9.71. The van der Waals surface area contributed by atoms with Crippen molar-refractivity contribution >= 4 is 65.7 Å². The number of benzene rings is 1. The van der Waals surface area contributed by atoms with Crippen LogP contribution in [0, 0.1) is 0 Å². The molecule has 0 bridgehead atoms. The number of aromatic amines is 1.